The number of carboxylic acids is 1. The Kier molecular flexibility index (Phi) is 4.81. The number of rotatable bonds is 4. The molecule has 132 valence electrons. The Balaban J connectivity index is 1.83. The third-order valence-electron chi connectivity index (χ3n) is 3.75. The maximum Gasteiger partial charge on any atom is 0.339 e. The third kappa shape index (κ3) is 3.62. The van der Waals surface area contributed by atoms with E-state index in [9.17, 15) is 14.7 Å². The van der Waals surface area contributed by atoms with Crippen molar-refractivity contribution in [3.05, 3.63) is 69.9 Å². The zero-order chi connectivity index (χ0) is 18.8. The maximum absolute atomic E-state index is 12.4. The fourth-order valence-electron chi connectivity index (χ4n) is 2.44. The van der Waals surface area contributed by atoms with E-state index in [2.05, 4.69) is 21.2 Å². The molecular formula is C19H14BrNO5. The standard InChI is InChI=1S/C19H14BrNO5/c1-10-8-13(9-14(17(10)22)19(24)25)21-18(23)16-7-6-15(26-16)11-2-4-12(20)5-3-11/h2-9,22H,1H3,(H,21,23)(H,24,25). The van der Waals surface area contributed by atoms with Gasteiger partial charge in [-0.25, -0.2) is 4.79 Å². The third-order valence-corrected chi connectivity index (χ3v) is 4.28. The lowest BCUT2D eigenvalue weighted by Gasteiger charge is -2.09. The average Bonchev–Trinajstić information content (AvgIpc) is 3.08. The Bertz CT molecular complexity index is 992. The minimum atomic E-state index is -1.28. The summed E-state index contributed by atoms with van der Waals surface area (Å²) < 4.78 is 6.52. The summed E-state index contributed by atoms with van der Waals surface area (Å²) in [7, 11) is 0. The molecule has 2 aromatic carbocycles. The molecule has 0 aliphatic carbocycles. The first-order valence-corrected chi connectivity index (χ1v) is 8.38. The van der Waals surface area contributed by atoms with Gasteiger partial charge in [0, 0.05) is 15.7 Å². The Morgan fingerprint density at radius 3 is 2.42 bits per heavy atom. The predicted octanol–water partition coefficient (Wildman–Crippen LogP) is 4.67. The lowest BCUT2D eigenvalue weighted by atomic mass is 10.1. The molecule has 0 spiro atoms. The number of carbonyl (C=O) groups is 2. The second-order valence-corrected chi connectivity index (χ2v) is 6.54. The lowest BCUT2D eigenvalue weighted by molar-refractivity contribution is 0.0693. The van der Waals surface area contributed by atoms with Crippen LogP contribution in [-0.4, -0.2) is 22.1 Å². The van der Waals surface area contributed by atoms with Crippen LogP contribution in [-0.2, 0) is 0 Å². The van der Waals surface area contributed by atoms with Crippen LogP contribution in [0.5, 0.6) is 5.75 Å². The van der Waals surface area contributed by atoms with E-state index >= 15 is 0 Å². The fraction of sp³-hybridized carbons (Fsp3) is 0.0526. The molecule has 3 aromatic rings. The Morgan fingerprint density at radius 1 is 1.08 bits per heavy atom. The number of aromatic carboxylic acids is 1. The van der Waals surface area contributed by atoms with Gasteiger partial charge in [-0.2, -0.15) is 0 Å². The molecule has 0 aliphatic heterocycles. The van der Waals surface area contributed by atoms with E-state index in [1.807, 2.05) is 24.3 Å². The Morgan fingerprint density at radius 2 is 1.77 bits per heavy atom. The van der Waals surface area contributed by atoms with Gasteiger partial charge in [0.15, 0.2) is 5.76 Å². The summed E-state index contributed by atoms with van der Waals surface area (Å²) in [6, 6.07) is 13.3. The van der Waals surface area contributed by atoms with Crippen LogP contribution < -0.4 is 5.32 Å². The van der Waals surface area contributed by atoms with Crippen LogP contribution in [0.25, 0.3) is 11.3 Å². The number of hydrogen-bond donors (Lipinski definition) is 3. The number of anilines is 1. The molecule has 3 rings (SSSR count). The molecule has 6 nitrogen and oxygen atoms in total. The van der Waals surface area contributed by atoms with Gasteiger partial charge in [-0.3, -0.25) is 4.79 Å². The highest BCUT2D eigenvalue weighted by Gasteiger charge is 2.17. The summed E-state index contributed by atoms with van der Waals surface area (Å²) >= 11 is 3.36. The first-order chi connectivity index (χ1) is 12.3. The highest BCUT2D eigenvalue weighted by Crippen LogP contribution is 2.28. The Hall–Kier alpha value is -3.06. The first-order valence-electron chi connectivity index (χ1n) is 7.59. The largest absolute Gasteiger partial charge is 0.507 e. The number of phenols is 1. The summed E-state index contributed by atoms with van der Waals surface area (Å²) in [5.41, 5.74) is 1.13. The zero-order valence-corrected chi connectivity index (χ0v) is 15.2. The van der Waals surface area contributed by atoms with Crippen LogP contribution in [0.2, 0.25) is 0 Å². The van der Waals surface area contributed by atoms with Crippen molar-refractivity contribution in [2.24, 2.45) is 0 Å². The van der Waals surface area contributed by atoms with Crippen molar-refractivity contribution < 1.29 is 24.2 Å². The van der Waals surface area contributed by atoms with Crippen LogP contribution in [0.3, 0.4) is 0 Å². The highest BCUT2D eigenvalue weighted by atomic mass is 79.9. The number of benzene rings is 2. The lowest BCUT2D eigenvalue weighted by Crippen LogP contribution is -2.12. The van der Waals surface area contributed by atoms with Crippen molar-refractivity contribution in [1.82, 2.24) is 0 Å². The van der Waals surface area contributed by atoms with Gasteiger partial charge >= 0.3 is 5.97 Å². The van der Waals surface area contributed by atoms with Crippen molar-refractivity contribution in [2.45, 2.75) is 6.92 Å². The molecule has 7 heteroatoms. The van der Waals surface area contributed by atoms with Crippen molar-refractivity contribution in [3.63, 3.8) is 0 Å². The van der Waals surface area contributed by atoms with Crippen LogP contribution in [0.15, 0.2) is 57.4 Å². The predicted molar refractivity (Wildman–Crippen MR) is 99.6 cm³/mol. The highest BCUT2D eigenvalue weighted by molar-refractivity contribution is 9.10. The van der Waals surface area contributed by atoms with E-state index in [0.717, 1.165) is 10.0 Å². The van der Waals surface area contributed by atoms with Crippen LogP contribution in [0.4, 0.5) is 5.69 Å². The van der Waals surface area contributed by atoms with Crippen LogP contribution in [0, 0.1) is 6.92 Å². The minimum Gasteiger partial charge on any atom is -0.507 e. The molecule has 0 saturated carbocycles. The topological polar surface area (TPSA) is 99.8 Å². The second-order valence-electron chi connectivity index (χ2n) is 5.62. The molecule has 0 fully saturated rings. The SMILES string of the molecule is Cc1cc(NC(=O)c2ccc(-c3ccc(Br)cc3)o2)cc(C(=O)O)c1O. The number of halogens is 1. The maximum atomic E-state index is 12.4. The van der Waals surface area contributed by atoms with Gasteiger partial charge in [0.1, 0.15) is 17.1 Å². The number of carbonyl (C=O) groups excluding carboxylic acids is 1. The molecule has 1 amide bonds. The molecule has 3 N–H and O–H groups in total. The zero-order valence-electron chi connectivity index (χ0n) is 13.6. The molecular weight excluding hydrogens is 402 g/mol. The molecule has 1 aromatic heterocycles. The van der Waals surface area contributed by atoms with Crippen LogP contribution in [0.1, 0.15) is 26.5 Å². The fourth-order valence-corrected chi connectivity index (χ4v) is 2.70. The van der Waals surface area contributed by atoms with E-state index in [0.29, 0.717) is 11.3 Å². The summed E-state index contributed by atoms with van der Waals surface area (Å²) in [5.74, 6) is -1.50. The molecule has 0 saturated heterocycles. The number of aryl methyl sites for hydroxylation is 1. The van der Waals surface area contributed by atoms with E-state index < -0.39 is 11.9 Å². The number of hydrogen-bond acceptors (Lipinski definition) is 4. The summed E-state index contributed by atoms with van der Waals surface area (Å²) in [6.07, 6.45) is 0. The van der Waals surface area contributed by atoms with Gasteiger partial charge in [-0.1, -0.05) is 28.1 Å². The van der Waals surface area contributed by atoms with Crippen molar-refractivity contribution >= 4 is 33.5 Å². The van der Waals surface area contributed by atoms with Gasteiger partial charge in [-0.05, 0) is 48.9 Å². The smallest absolute Gasteiger partial charge is 0.339 e. The summed E-state index contributed by atoms with van der Waals surface area (Å²) in [5, 5.41) is 21.5. The molecule has 26 heavy (non-hydrogen) atoms. The number of amides is 1. The van der Waals surface area contributed by atoms with E-state index in [1.165, 1.54) is 18.2 Å². The summed E-state index contributed by atoms with van der Waals surface area (Å²) in [6.45, 7) is 1.55. The monoisotopic (exact) mass is 415 g/mol. The van der Waals surface area contributed by atoms with Gasteiger partial charge in [0.2, 0.25) is 0 Å². The average molecular weight is 416 g/mol. The van der Waals surface area contributed by atoms with E-state index in [-0.39, 0.29) is 22.8 Å². The second kappa shape index (κ2) is 7.05. The van der Waals surface area contributed by atoms with Gasteiger partial charge < -0.3 is 19.9 Å². The molecule has 1 heterocycles. The Labute approximate surface area is 157 Å². The number of nitrogens with one attached hydrogen (secondary N) is 1. The summed E-state index contributed by atoms with van der Waals surface area (Å²) in [4.78, 5) is 23.5. The van der Waals surface area contributed by atoms with E-state index in [4.69, 9.17) is 9.52 Å². The number of furan rings is 1. The van der Waals surface area contributed by atoms with Gasteiger partial charge in [0.25, 0.3) is 5.91 Å². The molecule has 0 atom stereocenters. The van der Waals surface area contributed by atoms with Crippen molar-refractivity contribution in [2.75, 3.05) is 5.32 Å². The molecule has 0 aliphatic rings. The number of aromatic hydroxyl groups is 1. The van der Waals surface area contributed by atoms with Crippen molar-refractivity contribution in [3.8, 4) is 17.1 Å². The van der Waals surface area contributed by atoms with Gasteiger partial charge in [-0.15, -0.1) is 0 Å². The molecule has 0 unspecified atom stereocenters. The number of carboxylic acid groups (broad SMARTS) is 1. The van der Waals surface area contributed by atoms with Crippen molar-refractivity contribution in [1.29, 1.82) is 0 Å². The molecule has 0 bridgehead atoms. The first kappa shape index (κ1) is 17.8. The van der Waals surface area contributed by atoms with Gasteiger partial charge in [0.05, 0.1) is 0 Å². The van der Waals surface area contributed by atoms with Crippen LogP contribution >= 0.6 is 15.9 Å². The van der Waals surface area contributed by atoms with E-state index in [1.54, 1.807) is 13.0 Å². The minimum absolute atomic E-state index is 0.0884. The molecule has 0 radical (unpaired) electrons. The normalized spacial score (nSPS) is 10.5. The quantitative estimate of drug-likeness (QED) is 0.537.